The van der Waals surface area contributed by atoms with Crippen LogP contribution in [0.5, 0.6) is 0 Å². The Morgan fingerprint density at radius 1 is 1.07 bits per heavy atom. The maximum Gasteiger partial charge on any atom is 0.0659 e. The third-order valence-electron chi connectivity index (χ3n) is 3.70. The molecule has 0 saturated carbocycles. The summed E-state index contributed by atoms with van der Waals surface area (Å²) in [6.45, 7) is 7.30. The molecule has 0 aromatic heterocycles. The van der Waals surface area contributed by atoms with Crippen molar-refractivity contribution in [3.05, 3.63) is 0 Å². The summed E-state index contributed by atoms with van der Waals surface area (Å²) in [6, 6.07) is 0. The predicted octanol–water partition coefficient (Wildman–Crippen LogP) is 0.400. The van der Waals surface area contributed by atoms with Crippen LogP contribution >= 0.6 is 0 Å². The van der Waals surface area contributed by atoms with Crippen LogP contribution in [-0.4, -0.2) is 61.6 Å². The number of ether oxygens (including phenoxy) is 1. The van der Waals surface area contributed by atoms with Crippen LogP contribution in [0.15, 0.2) is 5.10 Å². The topological polar surface area (TPSA) is 28.1 Å². The molecule has 4 heteroatoms. The Bertz CT molecular complexity index is 253. The van der Waals surface area contributed by atoms with Gasteiger partial charge in [-0.2, -0.15) is 5.10 Å². The monoisotopic (exact) mass is 209 g/mol. The zero-order chi connectivity index (χ0) is 10.1. The van der Waals surface area contributed by atoms with Gasteiger partial charge in [0.05, 0.1) is 32.0 Å². The smallest absolute Gasteiger partial charge is 0.0659 e. The van der Waals surface area contributed by atoms with Crippen LogP contribution in [0.3, 0.4) is 0 Å². The van der Waals surface area contributed by atoms with Crippen molar-refractivity contribution >= 4 is 5.71 Å². The first-order valence-corrected chi connectivity index (χ1v) is 6.04. The summed E-state index contributed by atoms with van der Waals surface area (Å²) >= 11 is 0. The molecule has 2 bridgehead atoms. The standard InChI is InChI=1S/C11H19N3O/c1-3-13-4-2-10(1)11(9-13)12-14-5-7-15-8-6-14/h10H,1-9H2/b12-11-. The van der Waals surface area contributed by atoms with Crippen molar-refractivity contribution in [3.63, 3.8) is 0 Å². The van der Waals surface area contributed by atoms with Gasteiger partial charge in [-0.3, -0.25) is 9.91 Å². The minimum Gasteiger partial charge on any atom is -0.378 e. The van der Waals surface area contributed by atoms with Gasteiger partial charge in [-0.25, -0.2) is 0 Å². The van der Waals surface area contributed by atoms with Crippen molar-refractivity contribution in [2.24, 2.45) is 11.0 Å². The van der Waals surface area contributed by atoms with E-state index in [0.717, 1.165) is 38.8 Å². The number of rotatable bonds is 1. The van der Waals surface area contributed by atoms with E-state index < -0.39 is 0 Å². The highest BCUT2D eigenvalue weighted by atomic mass is 16.5. The van der Waals surface area contributed by atoms with E-state index in [-0.39, 0.29) is 0 Å². The second-order valence-electron chi connectivity index (χ2n) is 4.71. The Balaban J connectivity index is 1.67. The highest BCUT2D eigenvalue weighted by Crippen LogP contribution is 2.25. The summed E-state index contributed by atoms with van der Waals surface area (Å²) < 4.78 is 5.33. The molecule has 0 spiro atoms. The molecule has 0 amide bonds. The molecule has 4 nitrogen and oxygen atoms in total. The average molecular weight is 209 g/mol. The summed E-state index contributed by atoms with van der Waals surface area (Å²) in [4.78, 5) is 2.53. The molecule has 0 aliphatic carbocycles. The summed E-state index contributed by atoms with van der Waals surface area (Å²) in [6.07, 6.45) is 2.65. The number of fused-ring (bicyclic) bond motifs is 3. The van der Waals surface area contributed by atoms with Gasteiger partial charge in [0.1, 0.15) is 0 Å². The van der Waals surface area contributed by atoms with Gasteiger partial charge >= 0.3 is 0 Å². The van der Waals surface area contributed by atoms with Crippen molar-refractivity contribution in [3.8, 4) is 0 Å². The first kappa shape index (κ1) is 9.60. The van der Waals surface area contributed by atoms with E-state index in [1.165, 1.54) is 31.6 Å². The molecule has 0 aromatic rings. The molecule has 0 N–H and O–H groups in total. The zero-order valence-corrected chi connectivity index (χ0v) is 9.19. The summed E-state index contributed by atoms with van der Waals surface area (Å²) in [7, 11) is 0. The second kappa shape index (κ2) is 4.10. The fourth-order valence-electron chi connectivity index (χ4n) is 2.73. The maximum atomic E-state index is 5.33. The predicted molar refractivity (Wildman–Crippen MR) is 59.0 cm³/mol. The fourth-order valence-corrected chi connectivity index (χ4v) is 2.73. The van der Waals surface area contributed by atoms with E-state index in [0.29, 0.717) is 0 Å². The molecule has 4 saturated heterocycles. The molecule has 4 heterocycles. The van der Waals surface area contributed by atoms with Crippen LogP contribution < -0.4 is 0 Å². The quantitative estimate of drug-likeness (QED) is 0.626. The second-order valence-corrected chi connectivity index (χ2v) is 4.71. The van der Waals surface area contributed by atoms with Gasteiger partial charge in [-0.05, 0) is 25.9 Å². The van der Waals surface area contributed by atoms with Crippen LogP contribution in [-0.2, 0) is 4.74 Å². The molecule has 0 aromatic carbocycles. The number of piperidine rings is 3. The van der Waals surface area contributed by atoms with Gasteiger partial charge in [0, 0.05) is 12.5 Å². The van der Waals surface area contributed by atoms with Crippen LogP contribution in [0.2, 0.25) is 0 Å². The molecule has 4 fully saturated rings. The Morgan fingerprint density at radius 3 is 2.40 bits per heavy atom. The Hall–Kier alpha value is -0.610. The van der Waals surface area contributed by atoms with Crippen molar-refractivity contribution in [2.75, 3.05) is 45.9 Å². The Morgan fingerprint density at radius 2 is 1.80 bits per heavy atom. The molecule has 4 aliphatic rings. The zero-order valence-electron chi connectivity index (χ0n) is 9.19. The molecule has 15 heavy (non-hydrogen) atoms. The van der Waals surface area contributed by atoms with Crippen LogP contribution in [0, 0.1) is 5.92 Å². The first-order valence-electron chi connectivity index (χ1n) is 6.04. The Kier molecular flexibility index (Phi) is 2.63. The van der Waals surface area contributed by atoms with E-state index >= 15 is 0 Å². The summed E-state index contributed by atoms with van der Waals surface area (Å²) in [5.74, 6) is 0.776. The number of hydrogen-bond acceptors (Lipinski definition) is 4. The maximum absolute atomic E-state index is 5.33. The number of morpholine rings is 1. The fraction of sp³-hybridized carbons (Fsp3) is 0.909. The molecule has 4 aliphatic heterocycles. The minimum absolute atomic E-state index is 0.776. The van der Waals surface area contributed by atoms with E-state index in [2.05, 4.69) is 9.91 Å². The van der Waals surface area contributed by atoms with E-state index in [1.54, 1.807) is 0 Å². The van der Waals surface area contributed by atoms with Gasteiger partial charge in [0.2, 0.25) is 0 Å². The van der Waals surface area contributed by atoms with Gasteiger partial charge in [0.25, 0.3) is 0 Å². The van der Waals surface area contributed by atoms with Crippen LogP contribution in [0.25, 0.3) is 0 Å². The van der Waals surface area contributed by atoms with Gasteiger partial charge < -0.3 is 4.74 Å². The van der Waals surface area contributed by atoms with Crippen molar-refractivity contribution in [2.45, 2.75) is 12.8 Å². The highest BCUT2D eigenvalue weighted by molar-refractivity contribution is 5.89. The minimum atomic E-state index is 0.776. The normalized spacial score (nSPS) is 38.7. The average Bonchev–Trinajstić information content (AvgIpc) is 2.32. The summed E-state index contributed by atoms with van der Waals surface area (Å²) in [5.41, 5.74) is 1.43. The van der Waals surface area contributed by atoms with E-state index in [1.807, 2.05) is 0 Å². The lowest BCUT2D eigenvalue weighted by atomic mass is 9.87. The molecule has 0 unspecified atom stereocenters. The first-order chi connectivity index (χ1) is 7.42. The highest BCUT2D eigenvalue weighted by Gasteiger charge is 2.31. The van der Waals surface area contributed by atoms with Crippen molar-refractivity contribution in [1.82, 2.24) is 9.91 Å². The molecular formula is C11H19N3O. The molecule has 0 radical (unpaired) electrons. The Labute approximate surface area is 90.9 Å². The van der Waals surface area contributed by atoms with Crippen LogP contribution in [0.1, 0.15) is 12.8 Å². The third-order valence-corrected chi connectivity index (χ3v) is 3.70. The molecular weight excluding hydrogens is 190 g/mol. The van der Waals surface area contributed by atoms with Crippen molar-refractivity contribution < 1.29 is 4.74 Å². The van der Waals surface area contributed by atoms with Crippen LogP contribution in [0.4, 0.5) is 0 Å². The number of hydrazone groups is 1. The molecule has 84 valence electrons. The number of hydrogen-bond donors (Lipinski definition) is 0. The van der Waals surface area contributed by atoms with Gasteiger partial charge in [-0.1, -0.05) is 0 Å². The van der Waals surface area contributed by atoms with E-state index in [9.17, 15) is 0 Å². The largest absolute Gasteiger partial charge is 0.378 e. The lowest BCUT2D eigenvalue weighted by Crippen LogP contribution is -2.49. The molecule has 0 atom stereocenters. The number of nitrogens with zero attached hydrogens (tertiary/aromatic N) is 3. The third kappa shape index (κ3) is 2.01. The molecule has 4 rings (SSSR count). The lowest BCUT2D eigenvalue weighted by molar-refractivity contribution is 0.0380. The SMILES string of the molecule is C1CN(/N=C2/CN3CCC2CC3)CCO1. The van der Waals surface area contributed by atoms with Gasteiger partial charge in [0.15, 0.2) is 0 Å². The van der Waals surface area contributed by atoms with Gasteiger partial charge in [-0.15, -0.1) is 0 Å². The summed E-state index contributed by atoms with van der Waals surface area (Å²) in [5, 5.41) is 7.00. The lowest BCUT2D eigenvalue weighted by Gasteiger charge is -2.40. The van der Waals surface area contributed by atoms with E-state index in [4.69, 9.17) is 9.84 Å². The van der Waals surface area contributed by atoms with Crippen molar-refractivity contribution in [1.29, 1.82) is 0 Å².